The first-order valence-corrected chi connectivity index (χ1v) is 13.5. The molecule has 1 aliphatic rings. The van der Waals surface area contributed by atoms with Crippen molar-refractivity contribution in [3.8, 4) is 10.4 Å². The number of hydrogen-bond acceptors (Lipinski definition) is 5. The summed E-state index contributed by atoms with van der Waals surface area (Å²) in [6.07, 6.45) is 0.362. The van der Waals surface area contributed by atoms with Crippen LogP contribution in [-0.2, 0) is 4.74 Å². The second-order valence-electron chi connectivity index (χ2n) is 9.51. The number of allylic oxidation sites excluding steroid dienone is 2. The van der Waals surface area contributed by atoms with E-state index in [-0.39, 0.29) is 36.4 Å². The van der Waals surface area contributed by atoms with Crippen molar-refractivity contribution in [2.24, 2.45) is 0 Å². The zero-order valence-corrected chi connectivity index (χ0v) is 23.3. The maximum atomic E-state index is 14.7. The molecule has 4 nitrogen and oxygen atoms in total. The van der Waals surface area contributed by atoms with Gasteiger partial charge in [-0.1, -0.05) is 38.3 Å². The lowest BCUT2D eigenvalue weighted by molar-refractivity contribution is -0.113. The van der Waals surface area contributed by atoms with Gasteiger partial charge in [-0.2, -0.15) is 0 Å². The first-order valence-electron chi connectivity index (χ1n) is 12.7. The molecule has 1 aromatic heterocycles. The van der Waals surface area contributed by atoms with Crippen LogP contribution in [0.25, 0.3) is 10.4 Å². The average Bonchev–Trinajstić information content (AvgIpc) is 3.39. The summed E-state index contributed by atoms with van der Waals surface area (Å²) in [6, 6.07) is 15.2. The van der Waals surface area contributed by atoms with E-state index in [0.717, 1.165) is 27.0 Å². The molecule has 0 aliphatic carbocycles. The monoisotopic (exact) mass is 562 g/mol. The number of rotatable bonds is 6. The average molecular weight is 563 g/mol. The topological polar surface area (TPSA) is 69.9 Å². The van der Waals surface area contributed by atoms with Gasteiger partial charge in [0.1, 0.15) is 17.5 Å². The SMILES string of the molecule is C=CC(=C)F.CC(C)O.CC(c1ccc(-c2ccc(F)cc2)s1)c1cc(C2CC(O)CC(CO)O2)ccc1F. The molecule has 1 fully saturated rings. The summed E-state index contributed by atoms with van der Waals surface area (Å²) in [5.74, 6) is -1.23. The van der Waals surface area contributed by atoms with Crippen LogP contribution in [-0.4, -0.2) is 40.2 Å². The minimum absolute atomic E-state index is 0.153. The highest BCUT2D eigenvalue weighted by molar-refractivity contribution is 7.15. The van der Waals surface area contributed by atoms with Gasteiger partial charge in [0.05, 0.1) is 24.9 Å². The van der Waals surface area contributed by atoms with Crippen LogP contribution >= 0.6 is 11.3 Å². The molecule has 212 valence electrons. The van der Waals surface area contributed by atoms with Gasteiger partial charge >= 0.3 is 0 Å². The predicted molar refractivity (Wildman–Crippen MR) is 151 cm³/mol. The van der Waals surface area contributed by atoms with Crippen molar-refractivity contribution in [3.05, 3.63) is 107 Å². The van der Waals surface area contributed by atoms with Crippen LogP contribution in [0.3, 0.4) is 0 Å². The zero-order chi connectivity index (χ0) is 29.1. The van der Waals surface area contributed by atoms with Crippen LogP contribution in [0, 0.1) is 11.6 Å². The number of aliphatic hydroxyl groups excluding tert-OH is 3. The maximum Gasteiger partial charge on any atom is 0.127 e. The Morgan fingerprint density at radius 1 is 1.08 bits per heavy atom. The summed E-state index contributed by atoms with van der Waals surface area (Å²) in [6.45, 7) is 11.2. The van der Waals surface area contributed by atoms with Crippen molar-refractivity contribution in [3.63, 3.8) is 0 Å². The highest BCUT2D eigenvalue weighted by Crippen LogP contribution is 2.38. The summed E-state index contributed by atoms with van der Waals surface area (Å²) in [5, 5.41) is 27.6. The smallest absolute Gasteiger partial charge is 0.127 e. The molecule has 4 rings (SSSR count). The van der Waals surface area contributed by atoms with Gasteiger partial charge in [-0.3, -0.25) is 0 Å². The van der Waals surface area contributed by atoms with E-state index < -0.39 is 18.0 Å². The highest BCUT2D eigenvalue weighted by Gasteiger charge is 2.30. The summed E-state index contributed by atoms with van der Waals surface area (Å²) in [5.41, 5.74) is 2.28. The van der Waals surface area contributed by atoms with Crippen LogP contribution in [0.2, 0.25) is 0 Å². The molecule has 1 saturated heterocycles. The summed E-state index contributed by atoms with van der Waals surface area (Å²) in [4.78, 5) is 2.00. The molecule has 0 spiro atoms. The Bertz CT molecular complexity index is 1190. The third-order valence-electron chi connectivity index (χ3n) is 5.84. The zero-order valence-electron chi connectivity index (χ0n) is 22.5. The van der Waals surface area contributed by atoms with Crippen molar-refractivity contribution in [1.82, 2.24) is 0 Å². The van der Waals surface area contributed by atoms with E-state index in [4.69, 9.17) is 9.84 Å². The normalized spacial score (nSPS) is 19.3. The Labute approximate surface area is 232 Å². The van der Waals surface area contributed by atoms with Gasteiger partial charge in [-0.25, -0.2) is 13.2 Å². The molecule has 1 aliphatic heterocycles. The first-order chi connectivity index (χ1) is 18.4. The minimum Gasteiger partial charge on any atom is -0.394 e. The number of hydrogen-bond donors (Lipinski definition) is 3. The Balaban J connectivity index is 0.000000516. The second kappa shape index (κ2) is 15.7. The molecular formula is C31H37F3O4S. The summed E-state index contributed by atoms with van der Waals surface area (Å²) >= 11 is 1.56. The van der Waals surface area contributed by atoms with Gasteiger partial charge in [-0.15, -0.1) is 11.3 Å². The number of benzene rings is 2. The standard InChI is InChI=1S/C24H24F2O3S.C4H5F.C3H8O/c1-14(23-8-9-24(30-23)15-2-5-17(25)6-3-15)20-10-16(4-7-21(20)26)22-12-18(28)11-19(13-27)29-22;1-3-4(2)5;1-3(2)4/h2-10,14,18-19,22,27-28H,11-13H2,1H3;3H,1-2H2;3-4H,1-2H3. The molecule has 8 heteroatoms. The van der Waals surface area contributed by atoms with E-state index in [1.54, 1.807) is 49.4 Å². The molecule has 2 heterocycles. The molecule has 0 saturated carbocycles. The van der Waals surface area contributed by atoms with E-state index in [2.05, 4.69) is 13.2 Å². The molecule has 4 unspecified atom stereocenters. The Morgan fingerprint density at radius 2 is 1.69 bits per heavy atom. The van der Waals surface area contributed by atoms with Crippen LogP contribution in [0.15, 0.2) is 79.7 Å². The van der Waals surface area contributed by atoms with Gasteiger partial charge in [0.15, 0.2) is 0 Å². The fraction of sp³-hybridized carbons (Fsp3) is 0.355. The van der Waals surface area contributed by atoms with Gasteiger partial charge in [0.2, 0.25) is 0 Å². The summed E-state index contributed by atoms with van der Waals surface area (Å²) in [7, 11) is 0. The van der Waals surface area contributed by atoms with Gasteiger partial charge < -0.3 is 20.1 Å². The van der Waals surface area contributed by atoms with Gasteiger partial charge in [-0.05, 0) is 73.0 Å². The Hall–Kier alpha value is -2.75. The van der Waals surface area contributed by atoms with E-state index in [1.807, 2.05) is 19.1 Å². The number of ether oxygens (including phenoxy) is 1. The van der Waals surface area contributed by atoms with E-state index in [9.17, 15) is 23.4 Å². The van der Waals surface area contributed by atoms with E-state index in [0.29, 0.717) is 18.4 Å². The number of thiophene rings is 1. The fourth-order valence-corrected chi connectivity index (χ4v) is 5.01. The van der Waals surface area contributed by atoms with Gasteiger partial charge in [0.25, 0.3) is 0 Å². The van der Waals surface area contributed by atoms with Crippen molar-refractivity contribution >= 4 is 11.3 Å². The molecule has 4 atom stereocenters. The summed E-state index contributed by atoms with van der Waals surface area (Å²) < 4.78 is 44.9. The highest BCUT2D eigenvalue weighted by atomic mass is 32.1. The molecule has 3 N–H and O–H groups in total. The molecule has 39 heavy (non-hydrogen) atoms. The van der Waals surface area contributed by atoms with Crippen molar-refractivity contribution in [1.29, 1.82) is 0 Å². The molecule has 3 aromatic rings. The van der Waals surface area contributed by atoms with Crippen LogP contribution in [0.4, 0.5) is 13.2 Å². The molecule has 2 aromatic carbocycles. The Kier molecular flexibility index (Phi) is 13.1. The molecular weight excluding hydrogens is 525 g/mol. The lowest BCUT2D eigenvalue weighted by Gasteiger charge is -2.33. The maximum absolute atomic E-state index is 14.7. The van der Waals surface area contributed by atoms with E-state index >= 15 is 0 Å². The van der Waals surface area contributed by atoms with Crippen molar-refractivity contribution in [2.45, 2.75) is 63.9 Å². The van der Waals surface area contributed by atoms with Crippen molar-refractivity contribution in [2.75, 3.05) is 6.61 Å². The van der Waals surface area contributed by atoms with Gasteiger partial charge in [0, 0.05) is 34.6 Å². The third-order valence-corrected chi connectivity index (χ3v) is 7.16. The lowest BCUT2D eigenvalue weighted by Crippen LogP contribution is -2.33. The quantitative estimate of drug-likeness (QED) is 0.273. The Morgan fingerprint density at radius 3 is 2.26 bits per heavy atom. The van der Waals surface area contributed by atoms with E-state index in [1.165, 1.54) is 18.2 Å². The van der Waals surface area contributed by atoms with Crippen LogP contribution < -0.4 is 0 Å². The minimum atomic E-state index is -0.553. The molecule has 0 radical (unpaired) electrons. The van der Waals surface area contributed by atoms with Crippen LogP contribution in [0.1, 0.15) is 61.6 Å². The molecule has 0 amide bonds. The largest absolute Gasteiger partial charge is 0.394 e. The second-order valence-corrected chi connectivity index (χ2v) is 10.6. The van der Waals surface area contributed by atoms with Crippen molar-refractivity contribution < 1.29 is 33.2 Å². The predicted octanol–water partition coefficient (Wildman–Crippen LogP) is 7.46. The van der Waals surface area contributed by atoms with Crippen LogP contribution in [0.5, 0.6) is 0 Å². The third kappa shape index (κ3) is 10.4. The number of halogens is 3. The molecule has 0 bridgehead atoms. The fourth-order valence-electron chi connectivity index (χ4n) is 3.92. The number of aliphatic hydroxyl groups is 3. The first kappa shape index (κ1) is 32.5. The lowest BCUT2D eigenvalue weighted by atomic mass is 9.91.